The molecule has 0 radical (unpaired) electrons. The number of amides is 1. The molecule has 8 nitrogen and oxygen atoms in total. The Morgan fingerprint density at radius 1 is 1.14 bits per heavy atom. The third kappa shape index (κ3) is 4.54. The molecule has 1 unspecified atom stereocenters. The molecular formula is C26H29FN6O2S. The summed E-state index contributed by atoms with van der Waals surface area (Å²) >= 11 is 1.53. The number of thiazole rings is 1. The Balaban J connectivity index is 1.43. The number of anilines is 3. The van der Waals surface area contributed by atoms with Gasteiger partial charge in [0.25, 0.3) is 5.91 Å². The minimum atomic E-state index is -0.973. The summed E-state index contributed by atoms with van der Waals surface area (Å²) in [7, 11) is 1.99. The highest BCUT2D eigenvalue weighted by atomic mass is 32.1. The zero-order valence-corrected chi connectivity index (χ0v) is 21.4. The molecule has 1 amide bonds. The quantitative estimate of drug-likeness (QED) is 0.425. The fraction of sp³-hybridized carbons (Fsp3) is 0.346. The number of hydrogen-bond donors (Lipinski definition) is 1. The lowest BCUT2D eigenvalue weighted by molar-refractivity contribution is -0.139. The van der Waals surface area contributed by atoms with Gasteiger partial charge >= 0.3 is 0 Å². The van der Waals surface area contributed by atoms with Gasteiger partial charge in [-0.1, -0.05) is 6.92 Å². The molecule has 0 aliphatic carbocycles. The normalized spacial score (nSPS) is 14.9. The summed E-state index contributed by atoms with van der Waals surface area (Å²) in [6, 6.07) is 10.4. The third-order valence-corrected chi connectivity index (χ3v) is 7.45. The van der Waals surface area contributed by atoms with Crippen molar-refractivity contribution in [3.05, 3.63) is 59.5 Å². The molecule has 3 aromatic heterocycles. The first-order valence-electron chi connectivity index (χ1n) is 12.0. The molecule has 4 heterocycles. The van der Waals surface area contributed by atoms with E-state index >= 15 is 0 Å². The summed E-state index contributed by atoms with van der Waals surface area (Å²) in [4.78, 5) is 27.8. The summed E-state index contributed by atoms with van der Waals surface area (Å²) in [6.45, 7) is 6.13. The van der Waals surface area contributed by atoms with Gasteiger partial charge in [-0.3, -0.25) is 9.20 Å². The van der Waals surface area contributed by atoms with E-state index in [-0.39, 0.29) is 11.7 Å². The molecule has 0 bridgehead atoms. The molecule has 188 valence electrons. The number of pyridine rings is 1. The monoisotopic (exact) mass is 508 g/mol. The van der Waals surface area contributed by atoms with E-state index in [4.69, 9.17) is 9.97 Å². The van der Waals surface area contributed by atoms with Crippen molar-refractivity contribution in [3.63, 3.8) is 0 Å². The minimum absolute atomic E-state index is 0.223. The molecule has 1 atom stereocenters. The summed E-state index contributed by atoms with van der Waals surface area (Å²) in [5.41, 5.74) is 4.55. The first-order valence-corrected chi connectivity index (χ1v) is 12.9. The number of carbonyl (C=O) groups is 1. The van der Waals surface area contributed by atoms with Gasteiger partial charge < -0.3 is 19.8 Å². The smallest absolute Gasteiger partial charge is 0.251 e. The summed E-state index contributed by atoms with van der Waals surface area (Å²) in [5.74, 6) is 0.466. The Kier molecular flexibility index (Phi) is 6.63. The number of benzene rings is 1. The second-order valence-corrected chi connectivity index (χ2v) is 9.76. The molecule has 0 saturated carbocycles. The molecular weight excluding hydrogens is 479 g/mol. The van der Waals surface area contributed by atoms with Gasteiger partial charge in [0.2, 0.25) is 0 Å². The van der Waals surface area contributed by atoms with E-state index in [1.165, 1.54) is 30.4 Å². The molecule has 4 aromatic rings. The van der Waals surface area contributed by atoms with E-state index in [0.717, 1.165) is 45.7 Å². The van der Waals surface area contributed by atoms with Gasteiger partial charge in [-0.2, -0.15) is 0 Å². The average molecular weight is 509 g/mol. The van der Waals surface area contributed by atoms with Gasteiger partial charge in [0, 0.05) is 50.4 Å². The maximum atomic E-state index is 13.3. The molecule has 10 heteroatoms. The molecule has 1 N–H and O–H groups in total. The molecule has 5 rings (SSSR count). The minimum Gasteiger partial charge on any atom is -0.384 e. The lowest BCUT2D eigenvalue weighted by Crippen LogP contribution is -2.51. The molecule has 1 saturated heterocycles. The summed E-state index contributed by atoms with van der Waals surface area (Å²) in [5, 5.41) is 12.4. The van der Waals surface area contributed by atoms with Crippen LogP contribution in [0.15, 0.2) is 48.0 Å². The number of aromatic nitrogens is 3. The van der Waals surface area contributed by atoms with Crippen LogP contribution in [0.3, 0.4) is 0 Å². The Labute approximate surface area is 213 Å². The van der Waals surface area contributed by atoms with Gasteiger partial charge in [0.15, 0.2) is 5.13 Å². The van der Waals surface area contributed by atoms with E-state index in [1.54, 1.807) is 17.0 Å². The molecule has 1 aliphatic rings. The van der Waals surface area contributed by atoms with Gasteiger partial charge in [-0.15, -0.1) is 11.3 Å². The van der Waals surface area contributed by atoms with Crippen LogP contribution in [0.1, 0.15) is 19.5 Å². The van der Waals surface area contributed by atoms with Crippen LogP contribution < -0.4 is 9.80 Å². The highest BCUT2D eigenvalue weighted by Crippen LogP contribution is 2.34. The van der Waals surface area contributed by atoms with Crippen molar-refractivity contribution in [2.45, 2.75) is 26.4 Å². The van der Waals surface area contributed by atoms with Crippen LogP contribution >= 0.6 is 11.3 Å². The van der Waals surface area contributed by atoms with Crippen molar-refractivity contribution in [1.29, 1.82) is 0 Å². The largest absolute Gasteiger partial charge is 0.384 e. The van der Waals surface area contributed by atoms with Crippen LogP contribution in [0, 0.1) is 5.82 Å². The van der Waals surface area contributed by atoms with Crippen molar-refractivity contribution < 1.29 is 14.3 Å². The molecule has 0 spiro atoms. The fourth-order valence-corrected chi connectivity index (χ4v) is 5.36. The van der Waals surface area contributed by atoms with Crippen LogP contribution in [0.4, 0.5) is 21.0 Å². The van der Waals surface area contributed by atoms with Crippen molar-refractivity contribution >= 4 is 39.5 Å². The highest BCUT2D eigenvalue weighted by molar-refractivity contribution is 7.14. The molecule has 1 aliphatic heterocycles. The van der Waals surface area contributed by atoms with Crippen LogP contribution in [0.5, 0.6) is 0 Å². The average Bonchev–Trinajstić information content (AvgIpc) is 3.53. The second-order valence-electron chi connectivity index (χ2n) is 8.92. The summed E-state index contributed by atoms with van der Waals surface area (Å²) in [6.07, 6.45) is 1.89. The second kappa shape index (κ2) is 9.87. The van der Waals surface area contributed by atoms with Crippen LogP contribution in [-0.2, 0) is 11.2 Å². The number of nitrogens with zero attached hydrogens (tertiary/aromatic N) is 6. The Hall–Kier alpha value is -3.50. The first kappa shape index (κ1) is 24.2. The maximum absolute atomic E-state index is 13.3. The van der Waals surface area contributed by atoms with Crippen LogP contribution in [0.25, 0.3) is 16.9 Å². The number of imidazole rings is 1. The Bertz CT molecular complexity index is 1380. The number of hydrogen-bond acceptors (Lipinski definition) is 7. The highest BCUT2D eigenvalue weighted by Gasteiger charge is 2.25. The number of aliphatic hydroxyl groups is 1. The molecule has 1 aromatic carbocycles. The number of aliphatic hydroxyl groups excluding tert-OH is 1. The SMILES string of the molecule is CCc1nc2ccc(N3CCN(C(=O)C(C)O)CC3)cn2c1N(C)c1nc(-c2ccc(F)cc2)cs1. The lowest BCUT2D eigenvalue weighted by Gasteiger charge is -2.36. The van der Waals surface area contributed by atoms with Gasteiger partial charge in [-0.25, -0.2) is 14.4 Å². The van der Waals surface area contributed by atoms with Crippen molar-refractivity contribution in [3.8, 4) is 11.3 Å². The van der Waals surface area contributed by atoms with E-state index < -0.39 is 6.10 Å². The standard InChI is InChI=1S/C26H29FN6O2S/c1-4-21-24(30(3)26-29-22(16-36-26)18-5-7-19(27)8-6-18)33-15-20(9-10-23(33)28-21)31-11-13-32(14-12-31)25(35)17(2)34/h5-10,15-17,34H,4,11-14H2,1-3H3. The van der Waals surface area contributed by atoms with Gasteiger partial charge in [0.1, 0.15) is 23.4 Å². The van der Waals surface area contributed by atoms with E-state index in [2.05, 4.69) is 33.4 Å². The molecule has 36 heavy (non-hydrogen) atoms. The van der Waals surface area contributed by atoms with Crippen molar-refractivity contribution in [1.82, 2.24) is 19.3 Å². The Morgan fingerprint density at radius 3 is 2.53 bits per heavy atom. The number of rotatable bonds is 6. The number of halogens is 1. The zero-order valence-electron chi connectivity index (χ0n) is 20.6. The first-order chi connectivity index (χ1) is 17.4. The van der Waals surface area contributed by atoms with E-state index in [9.17, 15) is 14.3 Å². The van der Waals surface area contributed by atoms with Crippen LogP contribution in [0.2, 0.25) is 0 Å². The van der Waals surface area contributed by atoms with Gasteiger partial charge in [-0.05, 0) is 49.7 Å². The fourth-order valence-electron chi connectivity index (χ4n) is 4.56. The van der Waals surface area contributed by atoms with Crippen molar-refractivity contribution in [2.75, 3.05) is 43.0 Å². The van der Waals surface area contributed by atoms with Crippen LogP contribution in [-0.4, -0.2) is 69.6 Å². The van der Waals surface area contributed by atoms with Gasteiger partial charge in [0.05, 0.1) is 17.1 Å². The lowest BCUT2D eigenvalue weighted by atomic mass is 10.2. The molecule has 1 fully saturated rings. The van der Waals surface area contributed by atoms with E-state index in [1.807, 2.05) is 18.5 Å². The maximum Gasteiger partial charge on any atom is 0.251 e. The van der Waals surface area contributed by atoms with Crippen molar-refractivity contribution in [2.24, 2.45) is 0 Å². The topological polar surface area (TPSA) is 77.2 Å². The Morgan fingerprint density at radius 2 is 1.86 bits per heavy atom. The number of piperazine rings is 1. The third-order valence-electron chi connectivity index (χ3n) is 6.53. The predicted octanol–water partition coefficient (Wildman–Crippen LogP) is 3.96. The number of carbonyl (C=O) groups excluding carboxylic acids is 1. The number of fused-ring (bicyclic) bond motifs is 1. The predicted molar refractivity (Wildman–Crippen MR) is 141 cm³/mol. The number of aryl methyl sites for hydroxylation is 1. The van der Waals surface area contributed by atoms with E-state index in [0.29, 0.717) is 26.2 Å². The summed E-state index contributed by atoms with van der Waals surface area (Å²) < 4.78 is 15.4. The zero-order chi connectivity index (χ0) is 25.4.